The first-order valence-corrected chi connectivity index (χ1v) is 7.52. The number of phenolic OH excluding ortho intramolecular Hbond substituents is 2. The maximum absolute atomic E-state index is 9.75. The summed E-state index contributed by atoms with van der Waals surface area (Å²) in [6, 6.07) is 9.19. The second-order valence-corrected chi connectivity index (χ2v) is 5.74. The third kappa shape index (κ3) is 4.66. The molecule has 0 saturated carbocycles. The van der Waals surface area contributed by atoms with Crippen LogP contribution < -0.4 is 16.2 Å². The average Bonchev–Trinajstić information content (AvgIpc) is 2.48. The van der Waals surface area contributed by atoms with Gasteiger partial charge in [-0.1, -0.05) is 29.8 Å². The third-order valence-corrected chi connectivity index (χ3v) is 3.75. The lowest BCUT2D eigenvalue weighted by atomic mass is 10.1. The van der Waals surface area contributed by atoms with Gasteiger partial charge in [0, 0.05) is 17.3 Å². The first kappa shape index (κ1) is 17.2. The number of phenols is 2. The fourth-order valence-electron chi connectivity index (χ4n) is 1.71. The largest absolute Gasteiger partial charge is 0.508 e. The van der Waals surface area contributed by atoms with Crippen molar-refractivity contribution in [3.63, 3.8) is 0 Å². The van der Waals surface area contributed by atoms with E-state index in [2.05, 4.69) is 22.7 Å². The minimum atomic E-state index is -0.104. The Bertz CT molecular complexity index is 768. The number of nitrogens with one attached hydrogen (secondary N) is 3. The van der Waals surface area contributed by atoms with E-state index >= 15 is 0 Å². The molecule has 23 heavy (non-hydrogen) atoms. The molecule has 0 unspecified atom stereocenters. The number of thiocarbonyl (C=S) groups is 1. The number of aromatic hydroxyl groups is 2. The van der Waals surface area contributed by atoms with Gasteiger partial charge in [0.1, 0.15) is 11.5 Å². The van der Waals surface area contributed by atoms with Crippen LogP contribution in [0.3, 0.4) is 0 Å². The van der Waals surface area contributed by atoms with E-state index in [0.717, 1.165) is 0 Å². The maximum Gasteiger partial charge on any atom is 0.189 e. The summed E-state index contributed by atoms with van der Waals surface area (Å²) in [4.78, 5) is 0. The molecular weight excluding hydrogens is 357 g/mol. The highest BCUT2D eigenvalue weighted by Crippen LogP contribution is 2.26. The number of benzene rings is 2. The zero-order valence-electron chi connectivity index (χ0n) is 11.7. The molecule has 0 heterocycles. The van der Waals surface area contributed by atoms with Gasteiger partial charge >= 0.3 is 0 Å². The molecule has 0 aliphatic heterocycles. The third-order valence-electron chi connectivity index (χ3n) is 2.81. The summed E-state index contributed by atoms with van der Waals surface area (Å²) in [6.45, 7) is 3.78. The van der Waals surface area contributed by atoms with Crippen molar-refractivity contribution in [2.24, 2.45) is 0 Å². The number of hydrogen-bond donors (Lipinski definition) is 5. The van der Waals surface area contributed by atoms with E-state index in [-0.39, 0.29) is 16.6 Å². The molecule has 0 aromatic heterocycles. The SMILES string of the molecule is C=C(NNC(=S)Nc1ccc(Cl)c(Cl)c1)c1ccc(O)cc1O. The normalized spacial score (nSPS) is 10.0. The van der Waals surface area contributed by atoms with Crippen molar-refractivity contribution in [3.8, 4) is 11.5 Å². The van der Waals surface area contributed by atoms with Crippen LogP contribution in [-0.4, -0.2) is 15.3 Å². The fraction of sp³-hybridized carbons (Fsp3) is 0. The molecule has 0 aliphatic rings. The standard InChI is InChI=1S/C15H13Cl2N3O2S/c1-8(11-4-3-10(21)7-14(11)22)19-20-15(23)18-9-2-5-12(16)13(17)6-9/h2-7,19,21-22H,1H2,(H2,18,20,23). The lowest BCUT2D eigenvalue weighted by Crippen LogP contribution is -2.38. The van der Waals surface area contributed by atoms with Crippen molar-refractivity contribution < 1.29 is 10.2 Å². The van der Waals surface area contributed by atoms with Crippen molar-refractivity contribution in [2.45, 2.75) is 0 Å². The van der Waals surface area contributed by atoms with Gasteiger partial charge < -0.3 is 15.5 Å². The molecule has 0 atom stereocenters. The van der Waals surface area contributed by atoms with Crippen LogP contribution in [0.1, 0.15) is 5.56 Å². The quantitative estimate of drug-likeness (QED) is 0.416. The van der Waals surface area contributed by atoms with Gasteiger partial charge in [0.05, 0.1) is 15.7 Å². The maximum atomic E-state index is 9.75. The molecule has 2 aromatic rings. The Morgan fingerprint density at radius 1 is 1.00 bits per heavy atom. The van der Waals surface area contributed by atoms with E-state index in [1.807, 2.05) is 0 Å². The van der Waals surface area contributed by atoms with Crippen LogP contribution in [0.25, 0.3) is 5.70 Å². The van der Waals surface area contributed by atoms with Crippen molar-refractivity contribution in [2.75, 3.05) is 5.32 Å². The molecule has 8 heteroatoms. The van der Waals surface area contributed by atoms with E-state index in [0.29, 0.717) is 27.0 Å². The summed E-state index contributed by atoms with van der Waals surface area (Å²) < 4.78 is 0. The number of halogens is 2. The van der Waals surface area contributed by atoms with Crippen LogP contribution in [0.15, 0.2) is 43.0 Å². The number of anilines is 1. The van der Waals surface area contributed by atoms with Gasteiger partial charge in [0.2, 0.25) is 0 Å². The lowest BCUT2D eigenvalue weighted by molar-refractivity contribution is 0.449. The van der Waals surface area contributed by atoms with E-state index in [4.69, 9.17) is 35.4 Å². The van der Waals surface area contributed by atoms with E-state index < -0.39 is 0 Å². The number of hydrazine groups is 1. The minimum Gasteiger partial charge on any atom is -0.508 e. The molecule has 0 fully saturated rings. The van der Waals surface area contributed by atoms with Crippen LogP contribution in [0.5, 0.6) is 11.5 Å². The predicted molar refractivity (Wildman–Crippen MR) is 97.8 cm³/mol. The predicted octanol–water partition coefficient (Wildman–Crippen LogP) is 3.87. The number of hydrogen-bond acceptors (Lipinski definition) is 4. The first-order chi connectivity index (χ1) is 10.9. The average molecular weight is 370 g/mol. The zero-order chi connectivity index (χ0) is 17.0. The van der Waals surface area contributed by atoms with Gasteiger partial charge in [-0.05, 0) is 42.5 Å². The second kappa shape index (κ2) is 7.41. The van der Waals surface area contributed by atoms with Gasteiger partial charge in [-0.2, -0.15) is 0 Å². The summed E-state index contributed by atoms with van der Waals surface area (Å²) in [5.74, 6) is -0.142. The van der Waals surface area contributed by atoms with Gasteiger partial charge in [-0.15, -0.1) is 0 Å². The van der Waals surface area contributed by atoms with Gasteiger partial charge in [0.15, 0.2) is 5.11 Å². The Kier molecular flexibility index (Phi) is 5.54. The van der Waals surface area contributed by atoms with Gasteiger partial charge in [0.25, 0.3) is 0 Å². The Morgan fingerprint density at radius 2 is 1.74 bits per heavy atom. The topological polar surface area (TPSA) is 76.5 Å². The van der Waals surface area contributed by atoms with Crippen LogP contribution in [0.2, 0.25) is 10.0 Å². The molecule has 2 aromatic carbocycles. The molecule has 2 rings (SSSR count). The molecule has 120 valence electrons. The van der Waals surface area contributed by atoms with Gasteiger partial charge in [-0.3, -0.25) is 10.9 Å². The smallest absolute Gasteiger partial charge is 0.189 e. The van der Waals surface area contributed by atoms with Crippen molar-refractivity contribution >= 4 is 51.9 Å². The van der Waals surface area contributed by atoms with Crippen molar-refractivity contribution in [1.29, 1.82) is 0 Å². The molecule has 5 nitrogen and oxygen atoms in total. The molecule has 0 bridgehead atoms. The molecular formula is C15H13Cl2N3O2S. The van der Waals surface area contributed by atoms with Crippen LogP contribution in [0, 0.1) is 0 Å². The van der Waals surface area contributed by atoms with Crippen LogP contribution >= 0.6 is 35.4 Å². The van der Waals surface area contributed by atoms with Crippen molar-refractivity contribution in [1.82, 2.24) is 10.9 Å². The highest BCUT2D eigenvalue weighted by molar-refractivity contribution is 7.80. The van der Waals surface area contributed by atoms with E-state index in [9.17, 15) is 10.2 Å². The summed E-state index contributed by atoms with van der Waals surface area (Å²) >= 11 is 16.9. The summed E-state index contributed by atoms with van der Waals surface area (Å²) in [5.41, 5.74) is 6.95. The molecule has 0 saturated heterocycles. The first-order valence-electron chi connectivity index (χ1n) is 6.36. The highest BCUT2D eigenvalue weighted by Gasteiger charge is 2.07. The Hall–Kier alpha value is -2.15. The molecule has 0 radical (unpaired) electrons. The Balaban J connectivity index is 1.93. The summed E-state index contributed by atoms with van der Waals surface area (Å²) in [7, 11) is 0. The monoisotopic (exact) mass is 369 g/mol. The summed E-state index contributed by atoms with van der Waals surface area (Å²) in [6.07, 6.45) is 0. The molecule has 5 N–H and O–H groups in total. The molecule has 0 spiro atoms. The molecule has 0 aliphatic carbocycles. The summed E-state index contributed by atoms with van der Waals surface area (Å²) in [5, 5.41) is 23.1. The second-order valence-electron chi connectivity index (χ2n) is 4.51. The molecule has 0 amide bonds. The van der Waals surface area contributed by atoms with Crippen LogP contribution in [0.4, 0.5) is 5.69 Å². The Labute approximate surface area is 148 Å². The van der Waals surface area contributed by atoms with Gasteiger partial charge in [-0.25, -0.2) is 0 Å². The van der Waals surface area contributed by atoms with E-state index in [1.54, 1.807) is 18.2 Å². The van der Waals surface area contributed by atoms with Crippen LogP contribution in [-0.2, 0) is 0 Å². The number of rotatable bonds is 4. The fourth-order valence-corrected chi connectivity index (χ4v) is 2.18. The Morgan fingerprint density at radius 3 is 2.39 bits per heavy atom. The van der Waals surface area contributed by atoms with E-state index in [1.165, 1.54) is 18.2 Å². The van der Waals surface area contributed by atoms with Crippen molar-refractivity contribution in [3.05, 3.63) is 58.6 Å². The highest BCUT2D eigenvalue weighted by atomic mass is 35.5. The lowest BCUT2D eigenvalue weighted by Gasteiger charge is -2.15. The minimum absolute atomic E-state index is 0.0381. The zero-order valence-corrected chi connectivity index (χ0v) is 14.1.